The summed E-state index contributed by atoms with van der Waals surface area (Å²) < 4.78 is 11.8. The van der Waals surface area contributed by atoms with Crippen molar-refractivity contribution >= 4 is 24.2 Å². The van der Waals surface area contributed by atoms with Crippen LogP contribution in [0, 0.1) is 11.3 Å². The Morgan fingerprint density at radius 1 is 1.26 bits per heavy atom. The van der Waals surface area contributed by atoms with Crippen LogP contribution in [0.1, 0.15) is 33.4 Å². The zero-order valence-corrected chi connectivity index (χ0v) is 12.3. The van der Waals surface area contributed by atoms with E-state index in [0.717, 1.165) is 0 Å². The summed E-state index contributed by atoms with van der Waals surface area (Å²) in [4.78, 5) is 4.19. The number of hydrogen-bond acceptors (Lipinski definition) is 4. The summed E-state index contributed by atoms with van der Waals surface area (Å²) in [5.41, 5.74) is 0.522. The van der Waals surface area contributed by atoms with Crippen LogP contribution in [0.15, 0.2) is 12.1 Å². The quantitative estimate of drug-likeness (QED) is 0.614. The van der Waals surface area contributed by atoms with Crippen LogP contribution in [0.2, 0.25) is 5.15 Å². The van der Waals surface area contributed by atoms with E-state index in [1.165, 1.54) is 0 Å². The highest BCUT2D eigenvalue weighted by Crippen LogP contribution is 2.36. The maximum absolute atomic E-state index is 8.65. The van der Waals surface area contributed by atoms with Crippen LogP contribution in [-0.2, 0) is 15.7 Å². The summed E-state index contributed by atoms with van der Waals surface area (Å²) in [7, 11) is -0.527. The van der Waals surface area contributed by atoms with Crippen LogP contribution in [0.5, 0.6) is 0 Å². The van der Waals surface area contributed by atoms with Crippen molar-refractivity contribution in [2.24, 2.45) is 0 Å². The topological polar surface area (TPSA) is 55.1 Å². The van der Waals surface area contributed by atoms with Crippen LogP contribution in [-0.4, -0.2) is 23.3 Å². The second-order valence-corrected chi connectivity index (χ2v) is 5.96. The van der Waals surface area contributed by atoms with Crippen LogP contribution in [0.4, 0.5) is 0 Å². The number of hydrogen-bond donors (Lipinski definition) is 0. The van der Waals surface area contributed by atoms with Gasteiger partial charge in [-0.25, -0.2) is 4.98 Å². The summed E-state index contributed by atoms with van der Waals surface area (Å²) in [5, 5.41) is 8.97. The predicted molar refractivity (Wildman–Crippen MR) is 74.3 cm³/mol. The van der Waals surface area contributed by atoms with Crippen molar-refractivity contribution in [2.45, 2.75) is 45.3 Å². The Kier molecular flexibility index (Phi) is 3.61. The molecular formula is C13H16BClN2O2. The largest absolute Gasteiger partial charge is 0.498 e. The maximum Gasteiger partial charge on any atom is 0.498 e. The van der Waals surface area contributed by atoms with E-state index in [1.807, 2.05) is 39.8 Å². The molecule has 1 aliphatic rings. The van der Waals surface area contributed by atoms with Gasteiger partial charge in [0, 0.05) is 5.46 Å². The van der Waals surface area contributed by atoms with Crippen molar-refractivity contribution in [3.05, 3.63) is 23.0 Å². The van der Waals surface area contributed by atoms with E-state index in [0.29, 0.717) is 16.3 Å². The van der Waals surface area contributed by atoms with Gasteiger partial charge in [0.25, 0.3) is 0 Å². The molecule has 0 radical (unpaired) electrons. The molecule has 1 aromatic rings. The average Bonchev–Trinajstić information content (AvgIpc) is 2.48. The van der Waals surface area contributed by atoms with Gasteiger partial charge in [0.1, 0.15) is 5.15 Å². The molecule has 1 fully saturated rings. The molecule has 6 heteroatoms. The molecule has 0 saturated carbocycles. The van der Waals surface area contributed by atoms with Gasteiger partial charge in [-0.3, -0.25) is 0 Å². The lowest BCUT2D eigenvalue weighted by molar-refractivity contribution is 0.00578. The minimum atomic E-state index is -0.527. The van der Waals surface area contributed by atoms with Gasteiger partial charge >= 0.3 is 7.12 Å². The first-order chi connectivity index (χ1) is 8.77. The predicted octanol–water partition coefficient (Wildman–Crippen LogP) is 2.10. The molecule has 0 N–H and O–H groups in total. The maximum atomic E-state index is 8.65. The summed E-state index contributed by atoms with van der Waals surface area (Å²) >= 11 is 6.15. The molecule has 0 bridgehead atoms. The third kappa shape index (κ3) is 2.62. The van der Waals surface area contributed by atoms with Gasteiger partial charge in [-0.2, -0.15) is 5.26 Å². The Labute approximate surface area is 118 Å². The Morgan fingerprint density at radius 2 is 1.84 bits per heavy atom. The van der Waals surface area contributed by atoms with E-state index in [4.69, 9.17) is 26.2 Å². The minimum Gasteiger partial charge on any atom is -0.399 e. The van der Waals surface area contributed by atoms with E-state index in [2.05, 4.69) is 4.98 Å². The van der Waals surface area contributed by atoms with E-state index in [-0.39, 0.29) is 6.42 Å². The number of rotatable bonds is 2. The molecule has 0 unspecified atom stereocenters. The fourth-order valence-electron chi connectivity index (χ4n) is 1.81. The van der Waals surface area contributed by atoms with E-state index in [9.17, 15) is 0 Å². The number of halogens is 1. The molecule has 0 aliphatic carbocycles. The van der Waals surface area contributed by atoms with Gasteiger partial charge < -0.3 is 9.31 Å². The van der Waals surface area contributed by atoms with Gasteiger partial charge in [-0.15, -0.1) is 0 Å². The van der Waals surface area contributed by atoms with Crippen LogP contribution in [0.25, 0.3) is 0 Å². The highest BCUT2D eigenvalue weighted by molar-refractivity contribution is 6.65. The van der Waals surface area contributed by atoms with Gasteiger partial charge in [-0.05, 0) is 33.8 Å². The Hall–Kier alpha value is -1.09. The summed E-state index contributed by atoms with van der Waals surface area (Å²) in [6.07, 6.45) is 0.239. The molecule has 0 aromatic carbocycles. The van der Waals surface area contributed by atoms with Crippen molar-refractivity contribution < 1.29 is 9.31 Å². The van der Waals surface area contributed by atoms with Crippen molar-refractivity contribution in [2.75, 3.05) is 0 Å². The standard InChI is InChI=1S/C13H16BClN2O2/c1-12(2)13(3,4)19-14(18-12)10-6-5-9(7-8-16)17-11(10)15/h5-6H,7H2,1-4H3. The summed E-state index contributed by atoms with van der Waals surface area (Å²) in [6, 6.07) is 5.63. The lowest BCUT2D eigenvalue weighted by atomic mass is 9.80. The SMILES string of the molecule is CC1(C)OB(c2ccc(CC#N)nc2Cl)OC1(C)C. The first kappa shape index (κ1) is 14.3. The van der Waals surface area contributed by atoms with E-state index < -0.39 is 18.3 Å². The Bertz CT molecular complexity index is 524. The zero-order chi connectivity index (χ0) is 14.3. The second-order valence-electron chi connectivity index (χ2n) is 5.61. The number of nitrogens with zero attached hydrogens (tertiary/aromatic N) is 2. The molecule has 0 amide bonds. The molecule has 0 atom stereocenters. The summed E-state index contributed by atoms with van der Waals surface area (Å²) in [5.74, 6) is 0. The molecule has 19 heavy (non-hydrogen) atoms. The van der Waals surface area contributed by atoms with Gasteiger partial charge in [-0.1, -0.05) is 17.7 Å². The smallest absolute Gasteiger partial charge is 0.399 e. The van der Waals surface area contributed by atoms with Gasteiger partial charge in [0.2, 0.25) is 0 Å². The summed E-state index contributed by atoms with van der Waals surface area (Å²) in [6.45, 7) is 7.94. The number of aromatic nitrogens is 1. The molecule has 1 aromatic heterocycles. The molecule has 0 spiro atoms. The third-order valence-corrected chi connectivity index (χ3v) is 4.01. The molecular weight excluding hydrogens is 262 g/mol. The minimum absolute atomic E-state index is 0.239. The van der Waals surface area contributed by atoms with Crippen LogP contribution >= 0.6 is 11.6 Å². The van der Waals surface area contributed by atoms with Crippen LogP contribution < -0.4 is 5.46 Å². The lowest BCUT2D eigenvalue weighted by Gasteiger charge is -2.32. The van der Waals surface area contributed by atoms with E-state index >= 15 is 0 Å². The van der Waals surface area contributed by atoms with E-state index in [1.54, 1.807) is 6.07 Å². The van der Waals surface area contributed by atoms with Crippen molar-refractivity contribution in [3.8, 4) is 6.07 Å². The molecule has 2 heterocycles. The van der Waals surface area contributed by atoms with Gasteiger partial charge in [0.15, 0.2) is 0 Å². The lowest BCUT2D eigenvalue weighted by Crippen LogP contribution is -2.41. The Morgan fingerprint density at radius 3 is 2.32 bits per heavy atom. The first-order valence-corrected chi connectivity index (χ1v) is 6.52. The molecule has 1 saturated heterocycles. The second kappa shape index (κ2) is 4.79. The fraction of sp³-hybridized carbons (Fsp3) is 0.538. The van der Waals surface area contributed by atoms with Gasteiger partial charge in [0.05, 0.1) is 29.4 Å². The van der Waals surface area contributed by atoms with Crippen molar-refractivity contribution in [1.29, 1.82) is 5.26 Å². The molecule has 4 nitrogen and oxygen atoms in total. The third-order valence-electron chi connectivity index (χ3n) is 3.70. The number of nitriles is 1. The molecule has 2 rings (SSSR count). The highest BCUT2D eigenvalue weighted by atomic mass is 35.5. The Balaban J connectivity index is 2.28. The first-order valence-electron chi connectivity index (χ1n) is 6.15. The van der Waals surface area contributed by atoms with Crippen LogP contribution in [0.3, 0.4) is 0 Å². The highest BCUT2D eigenvalue weighted by Gasteiger charge is 2.52. The monoisotopic (exact) mass is 278 g/mol. The van der Waals surface area contributed by atoms with Crippen molar-refractivity contribution in [1.82, 2.24) is 4.98 Å². The number of pyridine rings is 1. The van der Waals surface area contributed by atoms with Crippen molar-refractivity contribution in [3.63, 3.8) is 0 Å². The normalized spacial score (nSPS) is 20.3. The molecule has 1 aliphatic heterocycles. The fourth-order valence-corrected chi connectivity index (χ4v) is 2.07. The average molecular weight is 279 g/mol. The molecule has 100 valence electrons. The zero-order valence-electron chi connectivity index (χ0n) is 11.5.